The number of likely N-dealkylation sites (N-methyl/N-ethyl adjacent to an activating group) is 1. The Bertz CT molecular complexity index is 686. The number of phosphoric ester groups is 1. The molecule has 1 unspecified atom stereocenters. The monoisotopic (exact) mass is 607 g/mol. The molecule has 1 atom stereocenters. The lowest BCUT2D eigenvalue weighted by Crippen LogP contribution is -2.41. The highest BCUT2D eigenvalue weighted by Gasteiger charge is 2.18. The molecule has 0 radical (unpaired) electrons. The molecular weight excluding hydrogens is 558 g/mol. The molecule has 1 aromatic carbocycles. The standard InChI is InChI=1S/C27H49INO4P/c1-4-5-6-7-8-9-10-11-12-13-14-15-16-17-22-32-34(30,31)33-23-21-29(2,3)25-26-19-18-20-27(28)24-26/h18-20,24H,4-17,21-23,25H2,1-3H3/i28-2. The lowest BCUT2D eigenvalue weighted by atomic mass is 10.0. The van der Waals surface area contributed by atoms with Crippen LogP contribution in [0.5, 0.6) is 0 Å². The van der Waals surface area contributed by atoms with Gasteiger partial charge in [0.05, 0.1) is 20.7 Å². The molecular formula is C27H49INO4P. The van der Waals surface area contributed by atoms with Gasteiger partial charge in [-0.2, -0.15) is 0 Å². The number of hydrogen-bond donors (Lipinski definition) is 0. The van der Waals surface area contributed by atoms with Crippen LogP contribution >= 0.6 is 30.4 Å². The van der Waals surface area contributed by atoms with Crippen LogP contribution in [0.1, 0.15) is 102 Å². The second-order valence-corrected chi connectivity index (χ2v) is 12.8. The average molecular weight is 608 g/mol. The van der Waals surface area contributed by atoms with E-state index in [1.165, 1.54) is 79.8 Å². The van der Waals surface area contributed by atoms with Crippen molar-refractivity contribution in [1.29, 1.82) is 0 Å². The van der Waals surface area contributed by atoms with Crippen molar-refractivity contribution >= 4 is 30.4 Å². The van der Waals surface area contributed by atoms with Crippen molar-refractivity contribution < 1.29 is 23.0 Å². The largest absolute Gasteiger partial charge is 0.756 e. The molecule has 0 aromatic heterocycles. The summed E-state index contributed by atoms with van der Waals surface area (Å²) in [5.74, 6) is 0. The van der Waals surface area contributed by atoms with Crippen LogP contribution in [-0.2, 0) is 20.2 Å². The summed E-state index contributed by atoms with van der Waals surface area (Å²) in [4.78, 5) is 12.0. The Morgan fingerprint density at radius 1 is 0.824 bits per heavy atom. The molecule has 0 bridgehead atoms. The van der Waals surface area contributed by atoms with E-state index >= 15 is 0 Å². The number of rotatable bonds is 22. The zero-order valence-corrected chi connectivity index (χ0v) is 25.0. The smallest absolute Gasteiger partial charge is 0.268 e. The molecule has 0 aliphatic carbocycles. The molecule has 34 heavy (non-hydrogen) atoms. The number of hydrogen-bond acceptors (Lipinski definition) is 4. The van der Waals surface area contributed by atoms with Gasteiger partial charge >= 0.3 is 0 Å². The van der Waals surface area contributed by atoms with Gasteiger partial charge in [-0.05, 0) is 41.1 Å². The number of phosphoric acid groups is 1. The first-order valence-corrected chi connectivity index (χ1v) is 15.9. The Balaban J connectivity index is 1.98. The Kier molecular flexibility index (Phi) is 18.1. The zero-order chi connectivity index (χ0) is 25.1. The maximum absolute atomic E-state index is 12.0. The molecule has 1 rings (SSSR count). The lowest BCUT2D eigenvalue weighted by molar-refractivity contribution is -0.903. The highest BCUT2D eigenvalue weighted by atomic mass is 125. The summed E-state index contributed by atoms with van der Waals surface area (Å²) in [5, 5.41) is 0. The zero-order valence-electron chi connectivity index (χ0n) is 21.9. The fourth-order valence-corrected chi connectivity index (χ4v) is 5.46. The fraction of sp³-hybridized carbons (Fsp3) is 0.778. The van der Waals surface area contributed by atoms with Crippen molar-refractivity contribution in [2.24, 2.45) is 0 Å². The summed E-state index contributed by atoms with van der Waals surface area (Å²) in [5.41, 5.74) is 1.23. The van der Waals surface area contributed by atoms with E-state index in [1.54, 1.807) is 0 Å². The molecule has 0 saturated carbocycles. The Morgan fingerprint density at radius 2 is 1.32 bits per heavy atom. The summed E-state index contributed by atoms with van der Waals surface area (Å²) in [6.45, 7) is 4.04. The SMILES string of the molecule is CCCCCCCCCCCCCCCCOP(=O)([O-])OCC[N+](C)(C)Cc1cccc([125I])c1. The first kappa shape index (κ1) is 32.0. The van der Waals surface area contributed by atoms with Crippen molar-refractivity contribution in [1.82, 2.24) is 0 Å². The maximum Gasteiger partial charge on any atom is 0.268 e. The van der Waals surface area contributed by atoms with E-state index in [0.717, 1.165) is 25.8 Å². The van der Waals surface area contributed by atoms with Crippen molar-refractivity contribution in [2.45, 2.75) is 103 Å². The van der Waals surface area contributed by atoms with E-state index in [9.17, 15) is 9.46 Å². The van der Waals surface area contributed by atoms with E-state index in [2.05, 4.69) is 61.8 Å². The molecule has 1 aromatic rings. The number of unbranched alkanes of at least 4 members (excludes halogenated alkanes) is 13. The van der Waals surface area contributed by atoms with E-state index < -0.39 is 7.82 Å². The lowest BCUT2D eigenvalue weighted by Gasteiger charge is -2.31. The molecule has 0 saturated heterocycles. The van der Waals surface area contributed by atoms with Crippen molar-refractivity contribution in [3.63, 3.8) is 0 Å². The maximum atomic E-state index is 12.0. The number of quaternary nitrogens is 1. The summed E-state index contributed by atoms with van der Waals surface area (Å²) < 4.78 is 24.0. The second kappa shape index (κ2) is 19.2. The molecule has 0 amide bonds. The quantitative estimate of drug-likeness (QED) is 0.0583. The molecule has 0 fully saturated rings. The van der Waals surface area contributed by atoms with Gasteiger partial charge in [0.2, 0.25) is 0 Å². The van der Waals surface area contributed by atoms with Gasteiger partial charge in [-0.25, -0.2) is 0 Å². The molecule has 0 aliphatic rings. The molecule has 0 N–H and O–H groups in total. The Labute approximate surface area is 223 Å². The van der Waals surface area contributed by atoms with E-state index in [1.807, 2.05) is 6.07 Å². The first-order chi connectivity index (χ1) is 16.2. The second-order valence-electron chi connectivity index (χ2n) is 10.2. The van der Waals surface area contributed by atoms with Crippen LogP contribution in [0.4, 0.5) is 0 Å². The van der Waals surface area contributed by atoms with Gasteiger partial charge in [0.25, 0.3) is 7.82 Å². The molecule has 198 valence electrons. The normalized spacial score (nSPS) is 13.8. The van der Waals surface area contributed by atoms with Crippen LogP contribution in [0.3, 0.4) is 0 Å². The molecule has 5 nitrogen and oxygen atoms in total. The van der Waals surface area contributed by atoms with E-state index in [-0.39, 0.29) is 13.2 Å². The van der Waals surface area contributed by atoms with E-state index in [4.69, 9.17) is 9.05 Å². The van der Waals surface area contributed by atoms with Gasteiger partial charge in [0.15, 0.2) is 0 Å². The third-order valence-electron chi connectivity index (χ3n) is 6.19. The van der Waals surface area contributed by atoms with Gasteiger partial charge in [-0.1, -0.05) is 103 Å². The average Bonchev–Trinajstić information content (AvgIpc) is 2.75. The van der Waals surface area contributed by atoms with Gasteiger partial charge in [0.1, 0.15) is 19.7 Å². The molecule has 0 aliphatic heterocycles. The highest BCUT2D eigenvalue weighted by molar-refractivity contribution is 14.1. The number of benzene rings is 1. The molecule has 0 spiro atoms. The fourth-order valence-electron chi connectivity index (χ4n) is 4.12. The summed E-state index contributed by atoms with van der Waals surface area (Å²) in [6.07, 6.45) is 17.8. The predicted octanol–water partition coefficient (Wildman–Crippen LogP) is 7.85. The summed E-state index contributed by atoms with van der Waals surface area (Å²) >= 11 is 2.30. The summed E-state index contributed by atoms with van der Waals surface area (Å²) in [6, 6.07) is 8.36. The van der Waals surface area contributed by atoms with Gasteiger partial charge in [0, 0.05) is 9.13 Å². The van der Waals surface area contributed by atoms with Crippen LogP contribution in [-0.4, -0.2) is 38.3 Å². The topological polar surface area (TPSA) is 58.6 Å². The minimum absolute atomic E-state index is 0.135. The Morgan fingerprint density at radius 3 is 1.85 bits per heavy atom. The summed E-state index contributed by atoms with van der Waals surface area (Å²) in [7, 11) is -0.0608. The van der Waals surface area contributed by atoms with Gasteiger partial charge < -0.3 is 18.4 Å². The van der Waals surface area contributed by atoms with Crippen LogP contribution in [0, 0.1) is 3.57 Å². The van der Waals surface area contributed by atoms with Crippen LogP contribution in [0.2, 0.25) is 0 Å². The van der Waals surface area contributed by atoms with Crippen LogP contribution in [0.15, 0.2) is 24.3 Å². The molecule has 7 heteroatoms. The highest BCUT2D eigenvalue weighted by Crippen LogP contribution is 2.38. The van der Waals surface area contributed by atoms with Crippen molar-refractivity contribution in [2.75, 3.05) is 33.9 Å². The third kappa shape index (κ3) is 18.3. The van der Waals surface area contributed by atoms with Crippen molar-refractivity contribution in [3.05, 3.63) is 33.4 Å². The van der Waals surface area contributed by atoms with Gasteiger partial charge in [-0.15, -0.1) is 0 Å². The number of halogens is 1. The first-order valence-electron chi connectivity index (χ1n) is 13.4. The minimum atomic E-state index is -4.22. The van der Waals surface area contributed by atoms with Crippen LogP contribution in [0.25, 0.3) is 0 Å². The van der Waals surface area contributed by atoms with Crippen molar-refractivity contribution in [3.8, 4) is 0 Å². The third-order valence-corrected chi connectivity index (χ3v) is 7.86. The predicted molar refractivity (Wildman–Crippen MR) is 150 cm³/mol. The van der Waals surface area contributed by atoms with Gasteiger partial charge in [-0.3, -0.25) is 4.57 Å². The number of nitrogens with zero attached hydrogens (tertiary/aromatic N) is 1. The molecule has 0 heterocycles. The Hall–Kier alpha value is 0.0200. The minimum Gasteiger partial charge on any atom is -0.756 e. The van der Waals surface area contributed by atoms with E-state index in [0.29, 0.717) is 11.0 Å². The van der Waals surface area contributed by atoms with Crippen LogP contribution < -0.4 is 4.89 Å².